The van der Waals surface area contributed by atoms with E-state index in [4.69, 9.17) is 25.9 Å². The number of aliphatic hydroxyl groups is 1. The number of carbonyl (C=O) groups excluding carboxylic acids is 4. The molecule has 0 aliphatic carbocycles. The lowest BCUT2D eigenvalue weighted by Gasteiger charge is -2.13. The number of anilines is 1. The van der Waals surface area contributed by atoms with Gasteiger partial charge < -0.3 is 35.2 Å². The first-order valence-electron chi connectivity index (χ1n) is 18.1. The quantitative estimate of drug-likeness (QED) is 0.0823. The zero-order valence-corrected chi connectivity index (χ0v) is 32.9. The van der Waals surface area contributed by atoms with Gasteiger partial charge in [0.2, 0.25) is 17.8 Å². The van der Waals surface area contributed by atoms with E-state index in [2.05, 4.69) is 20.5 Å². The SMILES string of the molecule is CCn1nc(C)cc1C(=O)/N=c1\sc2cc(C(N)=O)cc(OC)c2n1C/C=C/Cn1c(NC(=O)c2cc(C)nn2CC)nc2cc(C(N)=O)cc(OCCCO)c21. The van der Waals surface area contributed by atoms with Gasteiger partial charge in [0, 0.05) is 50.3 Å². The van der Waals surface area contributed by atoms with E-state index in [1.165, 1.54) is 36.6 Å². The Morgan fingerprint density at radius 3 is 2.11 bits per heavy atom. The molecule has 0 aliphatic rings. The Morgan fingerprint density at radius 2 is 1.47 bits per heavy atom. The zero-order valence-electron chi connectivity index (χ0n) is 32.1. The van der Waals surface area contributed by atoms with E-state index in [9.17, 15) is 24.3 Å². The van der Waals surface area contributed by atoms with E-state index >= 15 is 0 Å². The number of thiazole rings is 1. The number of aryl methyl sites for hydroxylation is 4. The van der Waals surface area contributed by atoms with Crippen molar-refractivity contribution in [1.82, 2.24) is 33.7 Å². The summed E-state index contributed by atoms with van der Waals surface area (Å²) in [4.78, 5) is 61.3. The molecule has 0 bridgehead atoms. The van der Waals surface area contributed by atoms with E-state index in [0.29, 0.717) is 74.1 Å². The molecule has 19 heteroatoms. The number of aromatic nitrogens is 7. The zero-order chi connectivity index (χ0) is 41.0. The third-order valence-corrected chi connectivity index (χ3v) is 9.94. The number of nitrogens with zero attached hydrogens (tertiary/aromatic N) is 8. The molecule has 0 spiro atoms. The topological polar surface area (TPSA) is 242 Å². The van der Waals surface area contributed by atoms with Crippen LogP contribution < -0.4 is 31.1 Å². The normalized spacial score (nSPS) is 11.9. The number of ether oxygens (including phenoxy) is 2. The summed E-state index contributed by atoms with van der Waals surface area (Å²) >= 11 is 1.20. The number of methoxy groups -OCH3 is 1. The highest BCUT2D eigenvalue weighted by molar-refractivity contribution is 7.16. The van der Waals surface area contributed by atoms with E-state index in [1.807, 2.05) is 26.0 Å². The third-order valence-electron chi connectivity index (χ3n) is 8.92. The number of nitrogens with two attached hydrogens (primary N) is 2. The number of carbonyl (C=O) groups is 4. The average Bonchev–Trinajstić information content (AvgIpc) is 3.95. The highest BCUT2D eigenvalue weighted by Crippen LogP contribution is 2.32. The van der Waals surface area contributed by atoms with E-state index < -0.39 is 23.6 Å². The fourth-order valence-electron chi connectivity index (χ4n) is 6.33. The summed E-state index contributed by atoms with van der Waals surface area (Å²) in [6.07, 6.45) is 4.00. The number of hydrogen-bond acceptors (Lipinski definition) is 11. The number of fused-ring (bicyclic) bond motifs is 2. The highest BCUT2D eigenvalue weighted by Gasteiger charge is 2.22. The maximum Gasteiger partial charge on any atom is 0.297 e. The number of amides is 4. The molecule has 6 rings (SSSR count). The van der Waals surface area contributed by atoms with Crippen LogP contribution in [0.4, 0.5) is 5.95 Å². The van der Waals surface area contributed by atoms with Gasteiger partial charge in [0.05, 0.1) is 35.3 Å². The summed E-state index contributed by atoms with van der Waals surface area (Å²) < 4.78 is 19.0. The average molecular weight is 798 g/mol. The van der Waals surface area contributed by atoms with Crippen LogP contribution in [0, 0.1) is 13.8 Å². The van der Waals surface area contributed by atoms with Gasteiger partial charge in [-0.2, -0.15) is 15.2 Å². The first kappa shape index (κ1) is 40.1. The lowest BCUT2D eigenvalue weighted by atomic mass is 10.1. The van der Waals surface area contributed by atoms with Crippen LogP contribution in [-0.4, -0.2) is 82.7 Å². The fraction of sp³-hybridized carbons (Fsp3) is 0.316. The van der Waals surface area contributed by atoms with Crippen LogP contribution in [0.2, 0.25) is 0 Å². The van der Waals surface area contributed by atoms with Crippen molar-refractivity contribution in [2.75, 3.05) is 25.6 Å². The number of primary amides is 2. The molecule has 0 saturated heterocycles. The number of imidazole rings is 1. The first-order valence-corrected chi connectivity index (χ1v) is 18.9. The second kappa shape index (κ2) is 17.0. The predicted octanol–water partition coefficient (Wildman–Crippen LogP) is 3.32. The summed E-state index contributed by atoms with van der Waals surface area (Å²) in [6.45, 7) is 8.65. The third kappa shape index (κ3) is 8.33. The van der Waals surface area contributed by atoms with Gasteiger partial charge in [-0.3, -0.25) is 33.9 Å². The van der Waals surface area contributed by atoms with Crippen LogP contribution in [-0.2, 0) is 26.2 Å². The van der Waals surface area contributed by atoms with Crippen molar-refractivity contribution in [1.29, 1.82) is 0 Å². The summed E-state index contributed by atoms with van der Waals surface area (Å²) in [5, 5.41) is 21.1. The van der Waals surface area contributed by atoms with Crippen LogP contribution in [0.3, 0.4) is 0 Å². The summed E-state index contributed by atoms with van der Waals surface area (Å²) in [5.41, 5.74) is 15.1. The lowest BCUT2D eigenvalue weighted by Crippen LogP contribution is -2.20. The molecule has 4 heterocycles. The molecular formula is C38H43N11O7S. The number of allylic oxidation sites excluding steroid dienone is 2. The molecule has 0 saturated carbocycles. The molecule has 6 N–H and O–H groups in total. The van der Waals surface area contributed by atoms with Crippen LogP contribution in [0.25, 0.3) is 21.3 Å². The van der Waals surface area contributed by atoms with Crippen LogP contribution in [0.5, 0.6) is 11.5 Å². The standard InChI is InChI=1S/C38H43N11O7S/c1-6-48-26(15-21(3)44-48)35(53)42-37-41-25-17-23(33(39)51)19-29(56-14-10-13-50)31(25)46(37)11-8-9-12-47-32-28(55-5)18-24(34(40)52)20-30(32)57-38(47)43-36(54)27-16-22(4)45-49(27)7-2/h8-9,15-20,50H,6-7,10-14H2,1-5H3,(H2,39,51)(H2,40,52)(H,41,42,53)/b9-8+,43-38-. The predicted molar refractivity (Wildman–Crippen MR) is 213 cm³/mol. The monoisotopic (exact) mass is 797 g/mol. The second-order valence-corrected chi connectivity index (χ2v) is 13.9. The van der Waals surface area contributed by atoms with Crippen LogP contribution in [0.15, 0.2) is 53.5 Å². The molecule has 0 atom stereocenters. The second-order valence-electron chi connectivity index (χ2n) is 12.9. The van der Waals surface area contributed by atoms with Crippen molar-refractivity contribution in [2.24, 2.45) is 16.5 Å². The molecular weight excluding hydrogens is 755 g/mol. The molecule has 2 aromatic carbocycles. The van der Waals surface area contributed by atoms with Crippen molar-refractivity contribution in [3.8, 4) is 11.5 Å². The molecule has 298 valence electrons. The number of hydrogen-bond donors (Lipinski definition) is 4. The number of benzene rings is 2. The minimum Gasteiger partial charge on any atom is -0.494 e. The van der Waals surface area contributed by atoms with Gasteiger partial charge in [0.15, 0.2) is 4.80 Å². The molecule has 57 heavy (non-hydrogen) atoms. The van der Waals surface area contributed by atoms with Crippen molar-refractivity contribution < 1.29 is 33.8 Å². The molecule has 4 amide bonds. The minimum atomic E-state index is -0.696. The van der Waals surface area contributed by atoms with Gasteiger partial charge in [-0.05, 0) is 64.1 Å². The van der Waals surface area contributed by atoms with E-state index in [-0.39, 0.29) is 49.1 Å². The molecule has 0 radical (unpaired) electrons. The Balaban J connectivity index is 1.44. The smallest absolute Gasteiger partial charge is 0.297 e. The maximum atomic E-state index is 13.7. The van der Waals surface area contributed by atoms with Gasteiger partial charge in [-0.25, -0.2) is 4.98 Å². The first-order chi connectivity index (χ1) is 27.4. The minimum absolute atomic E-state index is 0.113. The molecule has 6 aromatic rings. The summed E-state index contributed by atoms with van der Waals surface area (Å²) in [5.74, 6) is -1.48. The maximum absolute atomic E-state index is 13.7. The molecule has 0 unspecified atom stereocenters. The number of rotatable bonds is 16. The highest BCUT2D eigenvalue weighted by atomic mass is 32.1. The van der Waals surface area contributed by atoms with Gasteiger partial charge in [-0.1, -0.05) is 23.5 Å². The van der Waals surface area contributed by atoms with E-state index in [1.54, 1.807) is 50.5 Å². The summed E-state index contributed by atoms with van der Waals surface area (Å²) in [7, 11) is 1.47. The Labute approximate surface area is 330 Å². The Bertz CT molecular complexity index is 2630. The molecule has 4 aromatic heterocycles. The van der Waals surface area contributed by atoms with Crippen LogP contribution in [0.1, 0.15) is 73.3 Å². The van der Waals surface area contributed by atoms with Crippen molar-refractivity contribution in [3.05, 3.63) is 87.3 Å². The Hall–Kier alpha value is -6.60. The number of aliphatic hydroxyl groups excluding tert-OH is 1. The Morgan fingerprint density at radius 1 is 0.860 bits per heavy atom. The van der Waals surface area contributed by atoms with Gasteiger partial charge in [-0.15, -0.1) is 0 Å². The van der Waals surface area contributed by atoms with Crippen molar-refractivity contribution in [2.45, 2.75) is 60.3 Å². The fourth-order valence-corrected chi connectivity index (χ4v) is 7.42. The lowest BCUT2D eigenvalue weighted by molar-refractivity contribution is 0.0982. The van der Waals surface area contributed by atoms with Crippen LogP contribution >= 0.6 is 11.3 Å². The molecule has 18 nitrogen and oxygen atoms in total. The van der Waals surface area contributed by atoms with Gasteiger partial charge >= 0.3 is 0 Å². The summed E-state index contributed by atoms with van der Waals surface area (Å²) in [6, 6.07) is 9.54. The van der Waals surface area contributed by atoms with Gasteiger partial charge in [0.1, 0.15) is 33.9 Å². The van der Waals surface area contributed by atoms with Crippen molar-refractivity contribution in [3.63, 3.8) is 0 Å². The van der Waals surface area contributed by atoms with Gasteiger partial charge in [0.25, 0.3) is 11.8 Å². The van der Waals surface area contributed by atoms with E-state index in [0.717, 1.165) is 0 Å². The number of nitrogens with one attached hydrogen (secondary N) is 1. The Kier molecular flexibility index (Phi) is 12.0. The van der Waals surface area contributed by atoms with Crippen molar-refractivity contribution >= 4 is 62.2 Å². The molecule has 0 aliphatic heterocycles. The largest absolute Gasteiger partial charge is 0.494 e. The molecule has 0 fully saturated rings.